The van der Waals surface area contributed by atoms with Gasteiger partial charge in [0.15, 0.2) is 0 Å². The maximum Gasteiger partial charge on any atom is 0.573 e. The Balaban J connectivity index is 2.03. The summed E-state index contributed by atoms with van der Waals surface area (Å²) >= 11 is 0. The second kappa shape index (κ2) is 6.22. The summed E-state index contributed by atoms with van der Waals surface area (Å²) in [6.07, 6.45) is -4.69. The minimum absolute atomic E-state index is 0.113. The molecule has 0 aliphatic rings. The molecule has 6 heteroatoms. The summed E-state index contributed by atoms with van der Waals surface area (Å²) in [6, 6.07) is 9.63. The van der Waals surface area contributed by atoms with E-state index in [-0.39, 0.29) is 18.3 Å². The molecule has 0 spiro atoms. The van der Waals surface area contributed by atoms with Crippen molar-refractivity contribution in [2.45, 2.75) is 32.8 Å². The zero-order valence-electron chi connectivity index (χ0n) is 11.7. The highest BCUT2D eigenvalue weighted by Gasteiger charge is 2.31. The largest absolute Gasteiger partial charge is 0.573 e. The van der Waals surface area contributed by atoms with Gasteiger partial charge in [-0.25, -0.2) is 0 Å². The Morgan fingerprint density at radius 1 is 1.19 bits per heavy atom. The molecular weight excluding hydrogens is 283 g/mol. The molecule has 2 aromatic rings. The predicted molar refractivity (Wildman–Crippen MR) is 71.8 cm³/mol. The molecule has 2 rings (SSSR count). The first-order valence-electron chi connectivity index (χ1n) is 6.48. The van der Waals surface area contributed by atoms with Gasteiger partial charge >= 0.3 is 6.36 Å². The summed E-state index contributed by atoms with van der Waals surface area (Å²) in [4.78, 5) is 0. The van der Waals surface area contributed by atoms with E-state index < -0.39 is 6.36 Å². The molecule has 1 atom stereocenters. The van der Waals surface area contributed by atoms with Crippen LogP contribution in [0.15, 0.2) is 40.8 Å². The van der Waals surface area contributed by atoms with Crippen LogP contribution in [0.25, 0.3) is 0 Å². The van der Waals surface area contributed by atoms with E-state index in [0.29, 0.717) is 5.56 Å². The number of para-hydroxylation sites is 1. The predicted octanol–water partition coefficient (Wildman–Crippen LogP) is 4.34. The fraction of sp³-hybridized carbons (Fsp3) is 0.333. The smallest absolute Gasteiger partial charge is 0.465 e. The van der Waals surface area contributed by atoms with Gasteiger partial charge in [0.05, 0.1) is 6.04 Å². The van der Waals surface area contributed by atoms with Crippen molar-refractivity contribution in [1.82, 2.24) is 5.32 Å². The Hall–Kier alpha value is -1.95. The van der Waals surface area contributed by atoms with Crippen LogP contribution >= 0.6 is 0 Å². The third-order valence-corrected chi connectivity index (χ3v) is 2.98. The number of nitrogens with one attached hydrogen (secondary N) is 1. The third kappa shape index (κ3) is 4.53. The lowest BCUT2D eigenvalue weighted by molar-refractivity contribution is -0.274. The third-order valence-electron chi connectivity index (χ3n) is 2.98. The van der Waals surface area contributed by atoms with Crippen LogP contribution < -0.4 is 10.1 Å². The number of benzene rings is 1. The first kappa shape index (κ1) is 15.4. The van der Waals surface area contributed by atoms with Crippen LogP contribution in [-0.4, -0.2) is 6.36 Å². The van der Waals surface area contributed by atoms with Gasteiger partial charge in [-0.2, -0.15) is 0 Å². The number of furan rings is 1. The van der Waals surface area contributed by atoms with Crippen molar-refractivity contribution < 1.29 is 22.3 Å². The maximum absolute atomic E-state index is 12.3. The number of alkyl halides is 3. The molecule has 3 nitrogen and oxygen atoms in total. The number of rotatable bonds is 5. The molecule has 21 heavy (non-hydrogen) atoms. The molecule has 0 radical (unpaired) electrons. The summed E-state index contributed by atoms with van der Waals surface area (Å²) in [5.74, 6) is 1.33. The lowest BCUT2D eigenvalue weighted by Crippen LogP contribution is -2.21. The second-order valence-electron chi connectivity index (χ2n) is 4.71. The van der Waals surface area contributed by atoms with Gasteiger partial charge in [-0.15, -0.1) is 13.2 Å². The molecule has 114 valence electrons. The highest BCUT2D eigenvalue weighted by atomic mass is 19.4. The van der Waals surface area contributed by atoms with Crippen molar-refractivity contribution in [1.29, 1.82) is 0 Å². The van der Waals surface area contributed by atoms with E-state index in [1.165, 1.54) is 12.1 Å². The van der Waals surface area contributed by atoms with Crippen molar-refractivity contribution in [2.24, 2.45) is 0 Å². The summed E-state index contributed by atoms with van der Waals surface area (Å²) in [7, 11) is 0. The second-order valence-corrected chi connectivity index (χ2v) is 4.71. The fourth-order valence-corrected chi connectivity index (χ4v) is 1.92. The Morgan fingerprint density at radius 2 is 1.90 bits per heavy atom. The van der Waals surface area contributed by atoms with E-state index >= 15 is 0 Å². The number of halogens is 3. The van der Waals surface area contributed by atoms with Gasteiger partial charge in [0.25, 0.3) is 0 Å². The molecule has 0 bridgehead atoms. The van der Waals surface area contributed by atoms with E-state index in [9.17, 15) is 13.2 Å². The topological polar surface area (TPSA) is 34.4 Å². The molecule has 0 aliphatic carbocycles. The van der Waals surface area contributed by atoms with Crippen LogP contribution in [0.1, 0.15) is 30.0 Å². The van der Waals surface area contributed by atoms with Gasteiger partial charge in [-0.1, -0.05) is 18.2 Å². The van der Waals surface area contributed by atoms with Crippen LogP contribution in [-0.2, 0) is 6.54 Å². The van der Waals surface area contributed by atoms with Crippen molar-refractivity contribution in [3.05, 3.63) is 53.5 Å². The number of hydrogen-bond donors (Lipinski definition) is 1. The van der Waals surface area contributed by atoms with E-state index in [0.717, 1.165) is 11.5 Å². The van der Waals surface area contributed by atoms with Gasteiger partial charge in [0, 0.05) is 12.1 Å². The normalized spacial score (nSPS) is 13.2. The number of ether oxygens (including phenoxy) is 1. The summed E-state index contributed by atoms with van der Waals surface area (Å²) in [5.41, 5.74) is 0.435. The minimum Gasteiger partial charge on any atom is -0.465 e. The first-order valence-corrected chi connectivity index (χ1v) is 6.48. The highest BCUT2D eigenvalue weighted by molar-refractivity contribution is 5.33. The molecule has 1 unspecified atom stereocenters. The van der Waals surface area contributed by atoms with Crippen LogP contribution in [0.3, 0.4) is 0 Å². The zero-order chi connectivity index (χ0) is 15.5. The van der Waals surface area contributed by atoms with Crippen molar-refractivity contribution in [3.63, 3.8) is 0 Å². The molecule has 1 aromatic heterocycles. The Labute approximate surface area is 120 Å². The molecule has 0 fully saturated rings. The molecule has 1 heterocycles. The first-order chi connectivity index (χ1) is 9.85. The van der Waals surface area contributed by atoms with Crippen molar-refractivity contribution >= 4 is 0 Å². The van der Waals surface area contributed by atoms with E-state index in [2.05, 4.69) is 10.1 Å². The summed E-state index contributed by atoms with van der Waals surface area (Å²) in [6.45, 7) is 3.96. The van der Waals surface area contributed by atoms with Crippen LogP contribution in [0.5, 0.6) is 5.75 Å². The number of hydrogen-bond acceptors (Lipinski definition) is 3. The SMILES string of the molecule is Cc1ccc(C(C)NCc2ccccc2OC(F)(F)F)o1. The van der Waals surface area contributed by atoms with Gasteiger partial charge in [0.1, 0.15) is 17.3 Å². The molecule has 1 aromatic carbocycles. The monoisotopic (exact) mass is 299 g/mol. The highest BCUT2D eigenvalue weighted by Crippen LogP contribution is 2.26. The average molecular weight is 299 g/mol. The average Bonchev–Trinajstić information content (AvgIpc) is 2.82. The van der Waals surface area contributed by atoms with E-state index in [4.69, 9.17) is 4.42 Å². The van der Waals surface area contributed by atoms with Crippen LogP contribution in [0.4, 0.5) is 13.2 Å². The van der Waals surface area contributed by atoms with Gasteiger partial charge in [-0.3, -0.25) is 0 Å². The summed E-state index contributed by atoms with van der Waals surface area (Å²) in [5, 5.41) is 3.11. The Kier molecular flexibility index (Phi) is 4.57. The fourth-order valence-electron chi connectivity index (χ4n) is 1.92. The number of aryl methyl sites for hydroxylation is 1. The Morgan fingerprint density at radius 3 is 2.52 bits per heavy atom. The zero-order valence-corrected chi connectivity index (χ0v) is 11.7. The van der Waals surface area contributed by atoms with Gasteiger partial charge in [0.2, 0.25) is 0 Å². The minimum atomic E-state index is -4.69. The molecule has 0 amide bonds. The molecule has 0 aliphatic heterocycles. The van der Waals surface area contributed by atoms with E-state index in [1.807, 2.05) is 26.0 Å². The van der Waals surface area contributed by atoms with Crippen molar-refractivity contribution in [2.75, 3.05) is 0 Å². The van der Waals surface area contributed by atoms with Crippen molar-refractivity contribution in [3.8, 4) is 5.75 Å². The van der Waals surface area contributed by atoms with Gasteiger partial charge in [-0.05, 0) is 32.0 Å². The van der Waals surface area contributed by atoms with Gasteiger partial charge < -0.3 is 14.5 Å². The summed E-state index contributed by atoms with van der Waals surface area (Å²) < 4.78 is 46.5. The maximum atomic E-state index is 12.3. The van der Waals surface area contributed by atoms with E-state index in [1.54, 1.807) is 12.1 Å². The molecule has 0 saturated carbocycles. The standard InChI is InChI=1S/C15H16F3NO2/c1-10-7-8-13(20-10)11(2)19-9-12-5-3-4-6-14(12)21-15(16,17)18/h3-8,11,19H,9H2,1-2H3. The molecule has 1 N–H and O–H groups in total. The van der Waals surface area contributed by atoms with Crippen LogP contribution in [0.2, 0.25) is 0 Å². The Bertz CT molecular complexity index is 593. The lowest BCUT2D eigenvalue weighted by Gasteiger charge is -2.15. The lowest BCUT2D eigenvalue weighted by atomic mass is 10.2. The van der Waals surface area contributed by atoms with Crippen LogP contribution in [0, 0.1) is 6.92 Å². The molecular formula is C15H16F3NO2. The quantitative estimate of drug-likeness (QED) is 0.892. The molecule has 0 saturated heterocycles.